The maximum absolute atomic E-state index is 12.3. The van der Waals surface area contributed by atoms with E-state index in [1.807, 2.05) is 18.2 Å². The number of carbonyl (C=O) groups excluding carboxylic acids is 1. The van der Waals surface area contributed by atoms with Gasteiger partial charge in [-0.05, 0) is 23.8 Å². The van der Waals surface area contributed by atoms with Crippen LogP contribution in [0.5, 0.6) is 5.88 Å². The molecule has 8 heteroatoms. The van der Waals surface area contributed by atoms with E-state index in [2.05, 4.69) is 15.6 Å². The van der Waals surface area contributed by atoms with Crippen molar-refractivity contribution in [2.75, 3.05) is 7.11 Å². The van der Waals surface area contributed by atoms with E-state index < -0.39 is 5.91 Å². The molecular weight excluding hydrogens is 332 g/mol. The van der Waals surface area contributed by atoms with Crippen molar-refractivity contribution in [1.82, 2.24) is 20.3 Å². The molecule has 0 fully saturated rings. The van der Waals surface area contributed by atoms with Gasteiger partial charge in [-0.3, -0.25) is 4.79 Å². The van der Waals surface area contributed by atoms with Gasteiger partial charge in [0.2, 0.25) is 11.6 Å². The van der Waals surface area contributed by atoms with Crippen LogP contribution in [0.4, 0.5) is 0 Å². The first-order chi connectivity index (χ1) is 11.7. The van der Waals surface area contributed by atoms with Gasteiger partial charge in [-0.15, -0.1) is 5.10 Å². The summed E-state index contributed by atoms with van der Waals surface area (Å²) in [6.45, 7) is 0.605. The molecule has 0 radical (unpaired) electrons. The van der Waals surface area contributed by atoms with Gasteiger partial charge >= 0.3 is 0 Å². The normalized spacial score (nSPS) is 10.6. The third kappa shape index (κ3) is 3.41. The molecule has 0 atom stereocenters. The lowest BCUT2D eigenvalue weighted by Gasteiger charge is -2.08. The fourth-order valence-corrected chi connectivity index (χ4v) is 2.40. The minimum absolute atomic E-state index is 0.108. The highest BCUT2D eigenvalue weighted by atomic mass is 35.5. The van der Waals surface area contributed by atoms with Crippen LogP contribution in [-0.2, 0) is 13.1 Å². The van der Waals surface area contributed by atoms with Crippen molar-refractivity contribution in [2.24, 2.45) is 0 Å². The number of hydrogen-bond acceptors (Lipinski definition) is 5. The fourth-order valence-electron chi connectivity index (χ4n) is 2.20. The molecule has 0 saturated heterocycles. The summed E-state index contributed by atoms with van der Waals surface area (Å²) in [7, 11) is 1.46. The Morgan fingerprint density at radius 3 is 2.88 bits per heavy atom. The first-order valence-electron chi connectivity index (χ1n) is 7.20. The first-order valence-corrected chi connectivity index (χ1v) is 7.58. The highest BCUT2D eigenvalue weighted by Gasteiger charge is 2.21. The van der Waals surface area contributed by atoms with Crippen LogP contribution in [0.2, 0.25) is 5.02 Å². The third-order valence-electron chi connectivity index (χ3n) is 3.38. The van der Waals surface area contributed by atoms with Crippen molar-refractivity contribution in [2.45, 2.75) is 13.1 Å². The molecule has 0 saturated carbocycles. The number of hydrogen-bond donors (Lipinski definition) is 1. The Kier molecular flexibility index (Phi) is 4.81. The molecule has 24 heavy (non-hydrogen) atoms. The largest absolute Gasteiger partial charge is 0.479 e. The number of methoxy groups -OCH3 is 1. The van der Waals surface area contributed by atoms with Crippen LogP contribution in [0.15, 0.2) is 47.1 Å². The second kappa shape index (κ2) is 7.18. The predicted octanol–water partition coefficient (Wildman–Crippen LogP) is 2.51. The highest BCUT2D eigenvalue weighted by molar-refractivity contribution is 6.31. The molecule has 0 aliphatic carbocycles. The van der Waals surface area contributed by atoms with Crippen molar-refractivity contribution in [1.29, 1.82) is 0 Å². The molecule has 0 unspecified atom stereocenters. The summed E-state index contributed by atoms with van der Waals surface area (Å²) in [4.78, 5) is 12.3. The van der Waals surface area contributed by atoms with Gasteiger partial charge in [-0.2, -0.15) is 0 Å². The zero-order valence-corrected chi connectivity index (χ0v) is 13.7. The Hall–Kier alpha value is -2.80. The summed E-state index contributed by atoms with van der Waals surface area (Å²) in [6.07, 6.45) is 1.54. The maximum Gasteiger partial charge on any atom is 0.277 e. The number of benzene rings is 1. The standard InChI is InChI=1S/C16H15ClN4O3/c1-23-16-14(15(22)18-9-12-6-4-8-24-12)19-20-21(16)10-11-5-2-3-7-13(11)17/h2-8H,9-10H2,1H3,(H,18,22). The molecule has 0 aliphatic heterocycles. The zero-order chi connectivity index (χ0) is 16.9. The van der Waals surface area contributed by atoms with Gasteiger partial charge in [-0.25, -0.2) is 4.68 Å². The Labute approximate surface area is 143 Å². The fraction of sp³-hybridized carbons (Fsp3) is 0.188. The van der Waals surface area contributed by atoms with E-state index >= 15 is 0 Å². The van der Waals surface area contributed by atoms with Gasteiger partial charge in [0.1, 0.15) is 5.76 Å². The predicted molar refractivity (Wildman–Crippen MR) is 87.0 cm³/mol. The lowest BCUT2D eigenvalue weighted by molar-refractivity contribution is 0.0939. The van der Waals surface area contributed by atoms with Gasteiger partial charge in [-0.1, -0.05) is 35.0 Å². The van der Waals surface area contributed by atoms with E-state index in [0.717, 1.165) is 5.56 Å². The maximum atomic E-state index is 12.3. The van der Waals surface area contributed by atoms with E-state index in [9.17, 15) is 4.79 Å². The molecule has 1 amide bonds. The average Bonchev–Trinajstić information content (AvgIpc) is 3.24. The van der Waals surface area contributed by atoms with Gasteiger partial charge in [0.15, 0.2) is 0 Å². The monoisotopic (exact) mass is 346 g/mol. The molecule has 124 valence electrons. The quantitative estimate of drug-likeness (QED) is 0.741. The summed E-state index contributed by atoms with van der Waals surface area (Å²) in [5.41, 5.74) is 0.959. The van der Waals surface area contributed by atoms with Crippen LogP contribution in [0, 0.1) is 0 Å². The van der Waals surface area contributed by atoms with E-state index in [1.165, 1.54) is 11.8 Å². The zero-order valence-electron chi connectivity index (χ0n) is 12.9. The van der Waals surface area contributed by atoms with Gasteiger partial charge in [0.05, 0.1) is 26.5 Å². The first kappa shape index (κ1) is 16.1. The van der Waals surface area contributed by atoms with Crippen LogP contribution < -0.4 is 10.1 Å². The second-order valence-electron chi connectivity index (χ2n) is 4.96. The van der Waals surface area contributed by atoms with Crippen molar-refractivity contribution in [3.8, 4) is 5.88 Å². The Morgan fingerprint density at radius 1 is 1.33 bits per heavy atom. The summed E-state index contributed by atoms with van der Waals surface area (Å²) >= 11 is 6.15. The molecular formula is C16H15ClN4O3. The van der Waals surface area contributed by atoms with Crippen molar-refractivity contribution >= 4 is 17.5 Å². The summed E-state index contributed by atoms with van der Waals surface area (Å²) in [6, 6.07) is 10.9. The van der Waals surface area contributed by atoms with Gasteiger partial charge in [0, 0.05) is 5.02 Å². The van der Waals surface area contributed by atoms with Crippen LogP contribution in [0.3, 0.4) is 0 Å². The number of ether oxygens (including phenoxy) is 1. The van der Waals surface area contributed by atoms with Crippen molar-refractivity contribution in [3.63, 3.8) is 0 Å². The summed E-state index contributed by atoms with van der Waals surface area (Å²) in [5, 5.41) is 11.2. The number of amides is 1. The van der Waals surface area contributed by atoms with Gasteiger partial charge < -0.3 is 14.5 Å². The van der Waals surface area contributed by atoms with Crippen LogP contribution in [0.25, 0.3) is 0 Å². The SMILES string of the molecule is COc1c(C(=O)NCc2ccco2)nnn1Cc1ccccc1Cl. The Bertz CT molecular complexity index is 830. The van der Waals surface area contributed by atoms with E-state index in [4.69, 9.17) is 20.8 Å². The molecule has 0 spiro atoms. The molecule has 2 aromatic heterocycles. The minimum atomic E-state index is -0.395. The smallest absolute Gasteiger partial charge is 0.277 e. The molecule has 3 rings (SSSR count). The lowest BCUT2D eigenvalue weighted by Crippen LogP contribution is -2.23. The highest BCUT2D eigenvalue weighted by Crippen LogP contribution is 2.21. The molecule has 7 nitrogen and oxygen atoms in total. The van der Waals surface area contributed by atoms with E-state index in [-0.39, 0.29) is 18.1 Å². The average molecular weight is 347 g/mol. The molecule has 3 aromatic rings. The molecule has 0 bridgehead atoms. The number of nitrogens with zero attached hydrogens (tertiary/aromatic N) is 3. The number of furan rings is 1. The van der Waals surface area contributed by atoms with Crippen LogP contribution in [0.1, 0.15) is 21.8 Å². The third-order valence-corrected chi connectivity index (χ3v) is 3.75. The molecule has 1 N–H and O–H groups in total. The summed E-state index contributed by atoms with van der Waals surface area (Å²) < 4.78 is 12.0. The van der Waals surface area contributed by atoms with Crippen LogP contribution in [-0.4, -0.2) is 28.0 Å². The van der Waals surface area contributed by atoms with Crippen LogP contribution >= 0.6 is 11.6 Å². The van der Waals surface area contributed by atoms with E-state index in [1.54, 1.807) is 24.5 Å². The second-order valence-corrected chi connectivity index (χ2v) is 5.37. The Balaban J connectivity index is 1.76. The summed E-state index contributed by atoms with van der Waals surface area (Å²) in [5.74, 6) is 0.520. The minimum Gasteiger partial charge on any atom is -0.479 e. The number of rotatable bonds is 6. The van der Waals surface area contributed by atoms with Crippen molar-refractivity contribution < 1.29 is 13.9 Å². The molecule has 1 aromatic carbocycles. The molecule has 2 heterocycles. The Morgan fingerprint density at radius 2 is 2.17 bits per heavy atom. The number of halogens is 1. The number of carbonyl (C=O) groups is 1. The number of aromatic nitrogens is 3. The van der Waals surface area contributed by atoms with Gasteiger partial charge in [0.25, 0.3) is 5.91 Å². The number of nitrogens with one attached hydrogen (secondary N) is 1. The topological polar surface area (TPSA) is 82.2 Å². The molecule has 0 aliphatic rings. The van der Waals surface area contributed by atoms with Crippen molar-refractivity contribution in [3.05, 3.63) is 64.7 Å². The lowest BCUT2D eigenvalue weighted by atomic mass is 10.2. The van der Waals surface area contributed by atoms with E-state index in [0.29, 0.717) is 17.3 Å².